The molecule has 5 rings (SSSR count). The van der Waals surface area contributed by atoms with E-state index in [-0.39, 0.29) is 24.4 Å². The molecule has 228 valence electrons. The Morgan fingerprint density at radius 3 is 2.27 bits per heavy atom. The van der Waals surface area contributed by atoms with Crippen molar-refractivity contribution in [1.29, 1.82) is 0 Å². The van der Waals surface area contributed by atoms with Crippen molar-refractivity contribution in [2.45, 2.75) is 25.7 Å². The quantitative estimate of drug-likeness (QED) is 0.239. The molecule has 0 bridgehead atoms. The number of hydrogen-bond acceptors (Lipinski definition) is 5. The topological polar surface area (TPSA) is 78.7 Å². The van der Waals surface area contributed by atoms with E-state index in [4.69, 9.17) is 4.42 Å². The molecular weight excluding hydrogens is 569 g/mol. The van der Waals surface area contributed by atoms with Crippen molar-refractivity contribution in [3.8, 4) is 0 Å². The molecule has 2 aromatic heterocycles. The highest BCUT2D eigenvalue weighted by atomic mass is 19.4. The van der Waals surface area contributed by atoms with E-state index < -0.39 is 23.6 Å². The van der Waals surface area contributed by atoms with Crippen molar-refractivity contribution in [2.24, 2.45) is 5.92 Å². The van der Waals surface area contributed by atoms with E-state index in [2.05, 4.69) is 15.2 Å². The monoisotopic (exact) mass is 602 g/mol. The summed E-state index contributed by atoms with van der Waals surface area (Å²) in [5, 5.41) is 2.89. The van der Waals surface area contributed by atoms with Crippen LogP contribution in [0.3, 0.4) is 0 Å². The number of furan rings is 1. The highest BCUT2D eigenvalue weighted by Crippen LogP contribution is 2.30. The molecule has 0 radical (unpaired) electrons. The molecule has 3 heterocycles. The first kappa shape index (κ1) is 30.7. The van der Waals surface area contributed by atoms with Crippen LogP contribution in [0, 0.1) is 5.92 Å². The zero-order valence-electron chi connectivity index (χ0n) is 24.0. The van der Waals surface area contributed by atoms with Gasteiger partial charge in [0.15, 0.2) is 0 Å². The van der Waals surface area contributed by atoms with Gasteiger partial charge in [0, 0.05) is 50.7 Å². The third-order valence-electron chi connectivity index (χ3n) is 7.60. The van der Waals surface area contributed by atoms with Gasteiger partial charge in [-0.1, -0.05) is 48.5 Å². The number of hydrogen-bond donors (Lipinski definition) is 1. The Kier molecular flexibility index (Phi) is 9.91. The first-order valence-electron chi connectivity index (χ1n) is 14.4. The number of benzene rings is 2. The number of halogens is 3. The zero-order chi connectivity index (χ0) is 30.9. The molecule has 10 heteroatoms. The van der Waals surface area contributed by atoms with E-state index in [1.807, 2.05) is 48.5 Å². The Bertz CT molecular complexity index is 1530. The summed E-state index contributed by atoms with van der Waals surface area (Å²) in [4.78, 5) is 36.1. The van der Waals surface area contributed by atoms with Gasteiger partial charge in [-0.3, -0.25) is 19.5 Å². The van der Waals surface area contributed by atoms with Crippen molar-refractivity contribution in [2.75, 3.05) is 26.2 Å². The molecule has 2 amide bonds. The average Bonchev–Trinajstić information content (AvgIpc) is 3.55. The summed E-state index contributed by atoms with van der Waals surface area (Å²) in [6, 6.07) is 21.3. The number of aromatic nitrogens is 1. The summed E-state index contributed by atoms with van der Waals surface area (Å²) in [6.07, 6.45) is 2.18. The minimum atomic E-state index is -4.49. The summed E-state index contributed by atoms with van der Waals surface area (Å²) >= 11 is 0. The van der Waals surface area contributed by atoms with Gasteiger partial charge >= 0.3 is 6.18 Å². The van der Waals surface area contributed by atoms with Crippen LogP contribution in [0.5, 0.6) is 0 Å². The fourth-order valence-electron chi connectivity index (χ4n) is 5.21. The van der Waals surface area contributed by atoms with E-state index in [0.717, 1.165) is 29.0 Å². The molecule has 0 spiro atoms. The molecule has 44 heavy (non-hydrogen) atoms. The lowest BCUT2D eigenvalue weighted by Crippen LogP contribution is -2.51. The summed E-state index contributed by atoms with van der Waals surface area (Å²) in [5.41, 5.74) is 1.41. The fourth-order valence-corrected chi connectivity index (χ4v) is 5.21. The number of nitrogens with one attached hydrogen (secondary N) is 1. The SMILES string of the molecule is O=C(NCc1cccnc1)C(=Cc1ccc(C(F)(F)F)cc1)[C@H](Cc1ccccc1)C(=O)N1CCN(Cc2ccco2)CC1. The molecule has 1 atom stereocenters. The summed E-state index contributed by atoms with van der Waals surface area (Å²) in [7, 11) is 0. The van der Waals surface area contributed by atoms with E-state index in [1.165, 1.54) is 18.2 Å². The Morgan fingerprint density at radius 1 is 0.909 bits per heavy atom. The maximum atomic E-state index is 14.2. The molecule has 4 aromatic rings. The lowest BCUT2D eigenvalue weighted by atomic mass is 9.88. The van der Waals surface area contributed by atoms with Crippen LogP contribution in [0.4, 0.5) is 13.2 Å². The number of rotatable bonds is 10. The van der Waals surface area contributed by atoms with Crippen LogP contribution < -0.4 is 5.32 Å². The number of piperazine rings is 1. The Labute approximate surface area is 254 Å². The molecule has 1 aliphatic heterocycles. The number of alkyl halides is 3. The van der Waals surface area contributed by atoms with Gasteiger partial charge in [0.2, 0.25) is 11.8 Å². The van der Waals surface area contributed by atoms with Gasteiger partial charge in [0.1, 0.15) is 5.76 Å². The van der Waals surface area contributed by atoms with Crippen LogP contribution >= 0.6 is 0 Å². The van der Waals surface area contributed by atoms with Gasteiger partial charge in [-0.2, -0.15) is 13.2 Å². The average molecular weight is 603 g/mol. The number of pyridine rings is 1. The standard InChI is InChI=1S/C34H33F3N4O3/c35-34(36,37)28-12-10-26(11-13-28)20-30(32(42)39-23-27-8-4-14-38-22-27)31(21-25-6-2-1-3-7-25)33(43)41-17-15-40(16-18-41)24-29-9-5-19-44-29/h1-14,19-20,22,31H,15-18,21,23-24H2,(H,39,42)/t31-/m0/s1. The minimum absolute atomic E-state index is 0.175. The predicted molar refractivity (Wildman–Crippen MR) is 160 cm³/mol. The molecule has 0 aliphatic carbocycles. The number of nitrogens with zero attached hydrogens (tertiary/aromatic N) is 3. The highest BCUT2D eigenvalue weighted by Gasteiger charge is 2.34. The van der Waals surface area contributed by atoms with Gasteiger partial charge < -0.3 is 14.6 Å². The van der Waals surface area contributed by atoms with Crippen molar-refractivity contribution in [1.82, 2.24) is 20.1 Å². The third-order valence-corrected chi connectivity index (χ3v) is 7.60. The van der Waals surface area contributed by atoms with Crippen molar-refractivity contribution < 1.29 is 27.2 Å². The molecule has 0 saturated carbocycles. The van der Waals surface area contributed by atoms with E-state index in [9.17, 15) is 22.8 Å². The first-order chi connectivity index (χ1) is 21.3. The van der Waals surface area contributed by atoms with Crippen molar-refractivity contribution in [3.63, 3.8) is 0 Å². The highest BCUT2D eigenvalue weighted by molar-refractivity contribution is 6.04. The Hall–Kier alpha value is -4.70. The number of amides is 2. The normalized spacial score (nSPS) is 15.2. The molecule has 1 N–H and O–H groups in total. The van der Waals surface area contributed by atoms with Gasteiger partial charge in [0.05, 0.1) is 24.3 Å². The summed E-state index contributed by atoms with van der Waals surface area (Å²) < 4.78 is 45.2. The van der Waals surface area contributed by atoms with E-state index in [0.29, 0.717) is 38.3 Å². The lowest BCUT2D eigenvalue weighted by molar-refractivity contribution is -0.138. The molecule has 2 aromatic carbocycles. The molecule has 1 saturated heterocycles. The van der Waals surface area contributed by atoms with Crippen LogP contribution in [-0.4, -0.2) is 52.8 Å². The van der Waals surface area contributed by atoms with Gasteiger partial charge in [-0.15, -0.1) is 0 Å². The molecule has 7 nitrogen and oxygen atoms in total. The molecule has 1 aliphatic rings. The molecule has 0 unspecified atom stereocenters. The smallest absolute Gasteiger partial charge is 0.416 e. The van der Waals surface area contributed by atoms with E-state index in [1.54, 1.807) is 29.6 Å². The molecule has 1 fully saturated rings. The van der Waals surface area contributed by atoms with Crippen LogP contribution in [0.25, 0.3) is 6.08 Å². The predicted octanol–water partition coefficient (Wildman–Crippen LogP) is 5.60. The van der Waals surface area contributed by atoms with Gasteiger partial charge in [0.25, 0.3) is 0 Å². The Morgan fingerprint density at radius 2 is 1.64 bits per heavy atom. The minimum Gasteiger partial charge on any atom is -0.468 e. The van der Waals surface area contributed by atoms with Crippen molar-refractivity contribution >= 4 is 17.9 Å². The maximum Gasteiger partial charge on any atom is 0.416 e. The summed E-state index contributed by atoms with van der Waals surface area (Å²) in [6.45, 7) is 3.02. The number of carbonyl (C=O) groups excluding carboxylic acids is 2. The second kappa shape index (κ2) is 14.2. The number of carbonyl (C=O) groups is 2. The van der Waals surface area contributed by atoms with Crippen LogP contribution in [0.2, 0.25) is 0 Å². The fraction of sp³-hybridized carbons (Fsp3) is 0.265. The third kappa shape index (κ3) is 8.23. The maximum absolute atomic E-state index is 14.2. The van der Waals surface area contributed by atoms with Gasteiger partial charge in [-0.05, 0) is 59.5 Å². The second-order valence-corrected chi connectivity index (χ2v) is 10.7. The van der Waals surface area contributed by atoms with Gasteiger partial charge in [-0.25, -0.2) is 0 Å². The molecular formula is C34H33F3N4O3. The Balaban J connectivity index is 1.44. The first-order valence-corrected chi connectivity index (χ1v) is 14.4. The largest absolute Gasteiger partial charge is 0.468 e. The van der Waals surface area contributed by atoms with Crippen LogP contribution in [-0.2, 0) is 35.3 Å². The van der Waals surface area contributed by atoms with Crippen LogP contribution in [0.1, 0.15) is 28.0 Å². The van der Waals surface area contributed by atoms with E-state index >= 15 is 0 Å². The lowest BCUT2D eigenvalue weighted by Gasteiger charge is -2.36. The second-order valence-electron chi connectivity index (χ2n) is 10.7. The summed E-state index contributed by atoms with van der Waals surface area (Å²) in [5.74, 6) is -0.704. The van der Waals surface area contributed by atoms with Crippen molar-refractivity contribution in [3.05, 3.63) is 131 Å². The zero-order valence-corrected chi connectivity index (χ0v) is 24.0. The van der Waals surface area contributed by atoms with Crippen LogP contribution in [0.15, 0.2) is 108 Å².